The zero-order valence-electron chi connectivity index (χ0n) is 9.12. The molecule has 1 aliphatic carbocycles. The molecule has 1 aliphatic rings. The molecule has 1 fully saturated rings. The zero-order valence-corrected chi connectivity index (χ0v) is 11.5. The fourth-order valence-corrected chi connectivity index (χ4v) is 4.65. The quantitative estimate of drug-likeness (QED) is 0.638. The number of nitrogens with two attached hydrogens (primary N) is 1. The summed E-state index contributed by atoms with van der Waals surface area (Å²) in [7, 11) is 0. The van der Waals surface area contributed by atoms with E-state index in [-0.39, 0.29) is 6.04 Å². The summed E-state index contributed by atoms with van der Waals surface area (Å²) in [6.45, 7) is 0. The Morgan fingerprint density at radius 3 is 2.81 bits per heavy atom. The lowest BCUT2D eigenvalue weighted by atomic mass is 10.3. The van der Waals surface area contributed by atoms with Crippen LogP contribution >= 0.6 is 34.7 Å². The van der Waals surface area contributed by atoms with Crippen LogP contribution in [0, 0.1) is 0 Å². The Balaban J connectivity index is 1.85. The van der Waals surface area contributed by atoms with Gasteiger partial charge in [-0.2, -0.15) is 11.8 Å². The lowest BCUT2D eigenvalue weighted by molar-refractivity contribution is 0.619. The first-order valence-corrected chi connectivity index (χ1v) is 7.87. The van der Waals surface area contributed by atoms with E-state index in [1.165, 1.54) is 30.6 Å². The van der Waals surface area contributed by atoms with Gasteiger partial charge in [0.15, 0.2) is 0 Å². The van der Waals surface area contributed by atoms with Crippen molar-refractivity contribution in [2.75, 3.05) is 5.75 Å². The van der Waals surface area contributed by atoms with Crippen molar-refractivity contribution in [1.82, 2.24) is 5.43 Å². The highest BCUT2D eigenvalue weighted by Gasteiger charge is 2.19. The summed E-state index contributed by atoms with van der Waals surface area (Å²) in [4.78, 5) is 1.23. The van der Waals surface area contributed by atoms with Gasteiger partial charge in [0.05, 0.1) is 10.4 Å². The molecule has 1 atom stereocenters. The number of hydrazine groups is 1. The highest BCUT2D eigenvalue weighted by atomic mass is 35.5. The molecule has 0 aromatic carbocycles. The Kier molecular flexibility index (Phi) is 4.97. The first kappa shape index (κ1) is 12.7. The molecule has 0 amide bonds. The minimum atomic E-state index is 0.239. The Morgan fingerprint density at radius 2 is 2.25 bits per heavy atom. The van der Waals surface area contributed by atoms with E-state index < -0.39 is 0 Å². The maximum absolute atomic E-state index is 5.93. The second kappa shape index (κ2) is 6.26. The third kappa shape index (κ3) is 3.37. The highest BCUT2D eigenvalue weighted by molar-refractivity contribution is 7.99. The molecule has 0 bridgehead atoms. The maximum Gasteiger partial charge on any atom is 0.0931 e. The van der Waals surface area contributed by atoms with Crippen LogP contribution in [0.2, 0.25) is 4.34 Å². The maximum atomic E-state index is 5.93. The molecule has 0 saturated heterocycles. The van der Waals surface area contributed by atoms with Crippen molar-refractivity contribution in [2.45, 2.75) is 37.0 Å². The van der Waals surface area contributed by atoms with Crippen LogP contribution in [0.3, 0.4) is 0 Å². The Hall–Kier alpha value is 0.260. The number of rotatable bonds is 5. The van der Waals surface area contributed by atoms with Crippen LogP contribution in [0.15, 0.2) is 12.1 Å². The molecule has 1 aromatic rings. The van der Waals surface area contributed by atoms with Crippen molar-refractivity contribution in [2.24, 2.45) is 5.84 Å². The summed E-state index contributed by atoms with van der Waals surface area (Å²) in [5, 5.41) is 0.839. The van der Waals surface area contributed by atoms with Gasteiger partial charge in [-0.05, 0) is 25.0 Å². The third-order valence-electron chi connectivity index (χ3n) is 2.94. The van der Waals surface area contributed by atoms with Crippen LogP contribution in [0.5, 0.6) is 0 Å². The summed E-state index contributed by atoms with van der Waals surface area (Å²) in [6.07, 6.45) is 5.52. The molecule has 2 rings (SSSR count). The Labute approximate surface area is 110 Å². The van der Waals surface area contributed by atoms with Crippen molar-refractivity contribution >= 4 is 34.7 Å². The fraction of sp³-hybridized carbons (Fsp3) is 0.636. The Bertz CT molecular complexity index is 324. The molecule has 3 N–H and O–H groups in total. The van der Waals surface area contributed by atoms with E-state index in [1.54, 1.807) is 11.3 Å². The van der Waals surface area contributed by atoms with Crippen molar-refractivity contribution < 1.29 is 0 Å². The van der Waals surface area contributed by atoms with Crippen molar-refractivity contribution in [3.05, 3.63) is 21.3 Å². The molecule has 5 heteroatoms. The predicted octanol–water partition coefficient (Wildman–Crippen LogP) is 3.58. The molecule has 2 nitrogen and oxygen atoms in total. The molecular formula is C11H17ClN2S2. The van der Waals surface area contributed by atoms with Gasteiger partial charge in [0.25, 0.3) is 0 Å². The van der Waals surface area contributed by atoms with E-state index in [2.05, 4.69) is 11.5 Å². The van der Waals surface area contributed by atoms with E-state index in [1.807, 2.05) is 17.8 Å². The number of hydrogen-bond acceptors (Lipinski definition) is 4. The summed E-state index contributed by atoms with van der Waals surface area (Å²) in [6, 6.07) is 4.24. The topological polar surface area (TPSA) is 38.0 Å². The number of halogens is 1. The molecule has 16 heavy (non-hydrogen) atoms. The number of nitrogens with one attached hydrogen (secondary N) is 1. The van der Waals surface area contributed by atoms with Gasteiger partial charge in [-0.25, -0.2) is 0 Å². The number of thioether (sulfide) groups is 1. The summed E-state index contributed by atoms with van der Waals surface area (Å²) >= 11 is 9.59. The van der Waals surface area contributed by atoms with Gasteiger partial charge in [-0.1, -0.05) is 24.4 Å². The molecule has 0 spiro atoms. The minimum absolute atomic E-state index is 0.239. The zero-order chi connectivity index (χ0) is 11.4. The van der Waals surface area contributed by atoms with Crippen molar-refractivity contribution in [3.63, 3.8) is 0 Å². The standard InChI is InChI=1S/C11H17ClN2S2/c12-11-6-5-10(16-11)9(14-13)7-15-8-3-1-2-4-8/h5-6,8-9,14H,1-4,7,13H2. The predicted molar refractivity (Wildman–Crippen MR) is 74.1 cm³/mol. The van der Waals surface area contributed by atoms with E-state index in [0.717, 1.165) is 15.3 Å². The first-order valence-electron chi connectivity index (χ1n) is 5.62. The van der Waals surface area contributed by atoms with Crippen molar-refractivity contribution in [1.29, 1.82) is 0 Å². The molecular weight excluding hydrogens is 260 g/mol. The lowest BCUT2D eigenvalue weighted by Gasteiger charge is -2.16. The van der Waals surface area contributed by atoms with Gasteiger partial charge in [0, 0.05) is 15.9 Å². The molecule has 1 aromatic heterocycles. The fourth-order valence-electron chi connectivity index (χ4n) is 2.02. The smallest absolute Gasteiger partial charge is 0.0931 e. The summed E-state index contributed by atoms with van der Waals surface area (Å²) in [5.41, 5.74) is 2.89. The van der Waals surface area contributed by atoms with E-state index in [9.17, 15) is 0 Å². The first-order chi connectivity index (χ1) is 7.79. The second-order valence-electron chi connectivity index (χ2n) is 4.10. The van der Waals surface area contributed by atoms with E-state index in [0.29, 0.717) is 0 Å². The molecule has 1 unspecified atom stereocenters. The van der Waals surface area contributed by atoms with Gasteiger partial charge >= 0.3 is 0 Å². The van der Waals surface area contributed by atoms with Crippen LogP contribution in [0.25, 0.3) is 0 Å². The lowest BCUT2D eigenvalue weighted by Crippen LogP contribution is -2.29. The number of hydrogen-bond donors (Lipinski definition) is 2. The molecule has 0 radical (unpaired) electrons. The van der Waals surface area contributed by atoms with Gasteiger partial charge in [0.2, 0.25) is 0 Å². The largest absolute Gasteiger partial charge is 0.271 e. The van der Waals surface area contributed by atoms with E-state index >= 15 is 0 Å². The highest BCUT2D eigenvalue weighted by Crippen LogP contribution is 2.34. The summed E-state index contributed by atoms with van der Waals surface area (Å²) < 4.78 is 0.834. The van der Waals surface area contributed by atoms with Gasteiger partial charge < -0.3 is 0 Å². The average molecular weight is 277 g/mol. The third-order valence-corrected chi connectivity index (χ3v) is 5.75. The van der Waals surface area contributed by atoms with Gasteiger partial charge in [-0.15, -0.1) is 11.3 Å². The molecule has 1 saturated carbocycles. The van der Waals surface area contributed by atoms with Crippen molar-refractivity contribution in [3.8, 4) is 0 Å². The minimum Gasteiger partial charge on any atom is -0.271 e. The van der Waals surface area contributed by atoms with E-state index in [4.69, 9.17) is 17.4 Å². The Morgan fingerprint density at radius 1 is 1.50 bits per heavy atom. The monoisotopic (exact) mass is 276 g/mol. The molecule has 0 aliphatic heterocycles. The van der Waals surface area contributed by atoms with Crippen LogP contribution < -0.4 is 11.3 Å². The van der Waals surface area contributed by atoms with Crippen LogP contribution in [-0.4, -0.2) is 11.0 Å². The summed E-state index contributed by atoms with van der Waals surface area (Å²) in [5.74, 6) is 6.64. The average Bonchev–Trinajstić information content (AvgIpc) is 2.91. The number of thiophene rings is 1. The van der Waals surface area contributed by atoms with Crippen LogP contribution in [-0.2, 0) is 0 Å². The SMILES string of the molecule is NNC(CSC1CCCC1)c1ccc(Cl)s1. The van der Waals surface area contributed by atoms with Crippen LogP contribution in [0.4, 0.5) is 0 Å². The van der Waals surface area contributed by atoms with Gasteiger partial charge in [0.1, 0.15) is 0 Å². The normalized spacial score (nSPS) is 19.1. The molecule has 90 valence electrons. The molecule has 1 heterocycles. The van der Waals surface area contributed by atoms with Crippen LogP contribution in [0.1, 0.15) is 36.6 Å². The van der Waals surface area contributed by atoms with Gasteiger partial charge in [-0.3, -0.25) is 11.3 Å². The second-order valence-corrected chi connectivity index (χ2v) is 7.18.